The second-order valence-electron chi connectivity index (χ2n) is 4.62. The first kappa shape index (κ1) is 12.8. The molecule has 2 rings (SSSR count). The summed E-state index contributed by atoms with van der Waals surface area (Å²) in [6.45, 7) is 4.96. The molecule has 0 bridgehead atoms. The average molecular weight is 244 g/mol. The summed E-state index contributed by atoms with van der Waals surface area (Å²) in [7, 11) is 0. The Kier molecular flexibility index (Phi) is 4.15. The normalized spacial score (nSPS) is 10.8. The van der Waals surface area contributed by atoms with E-state index < -0.39 is 0 Å². The second kappa shape index (κ2) is 5.83. The van der Waals surface area contributed by atoms with Crippen LogP contribution in [-0.4, -0.2) is 14.9 Å². The van der Waals surface area contributed by atoms with E-state index in [0.717, 1.165) is 36.3 Å². The van der Waals surface area contributed by atoms with Crippen LogP contribution < -0.4 is 0 Å². The molecule has 0 aliphatic heterocycles. The van der Waals surface area contributed by atoms with Crippen molar-refractivity contribution in [3.8, 4) is 0 Å². The number of hydrogen-bond donors (Lipinski definition) is 1. The van der Waals surface area contributed by atoms with Crippen LogP contribution in [0.4, 0.5) is 0 Å². The molecule has 0 aliphatic rings. The fourth-order valence-corrected chi connectivity index (χ4v) is 2.26. The first-order valence-electron chi connectivity index (χ1n) is 6.40. The van der Waals surface area contributed by atoms with Gasteiger partial charge in [0.15, 0.2) is 0 Å². The fraction of sp³-hybridized carbons (Fsp3) is 0.400. The summed E-state index contributed by atoms with van der Waals surface area (Å²) in [6.07, 6.45) is 2.13. The van der Waals surface area contributed by atoms with Crippen molar-refractivity contribution in [2.45, 2.75) is 39.8 Å². The van der Waals surface area contributed by atoms with Gasteiger partial charge in [-0.2, -0.15) is 5.10 Å². The van der Waals surface area contributed by atoms with Crippen molar-refractivity contribution in [2.24, 2.45) is 0 Å². The van der Waals surface area contributed by atoms with Crippen LogP contribution in [0.15, 0.2) is 30.3 Å². The first-order chi connectivity index (χ1) is 8.72. The molecule has 0 amide bonds. The van der Waals surface area contributed by atoms with Crippen molar-refractivity contribution in [2.75, 3.05) is 0 Å². The summed E-state index contributed by atoms with van der Waals surface area (Å²) in [5.41, 5.74) is 4.36. The summed E-state index contributed by atoms with van der Waals surface area (Å²) in [4.78, 5) is 0. The van der Waals surface area contributed by atoms with Crippen molar-refractivity contribution in [3.05, 3.63) is 52.8 Å². The Hall–Kier alpha value is -1.61. The van der Waals surface area contributed by atoms with Crippen LogP contribution in [-0.2, 0) is 19.6 Å². The molecule has 1 N–H and O–H groups in total. The number of nitrogens with zero attached hydrogens (tertiary/aromatic N) is 2. The minimum atomic E-state index is 0.0797. The SMILES string of the molecule is Cc1nn(CCCc2ccccc2)c(C)c1CO. The van der Waals surface area contributed by atoms with Crippen molar-refractivity contribution in [1.82, 2.24) is 9.78 Å². The van der Waals surface area contributed by atoms with E-state index in [1.54, 1.807) is 0 Å². The Labute approximate surface area is 108 Å². The van der Waals surface area contributed by atoms with Gasteiger partial charge in [-0.3, -0.25) is 4.68 Å². The summed E-state index contributed by atoms with van der Waals surface area (Å²) >= 11 is 0. The second-order valence-corrected chi connectivity index (χ2v) is 4.62. The molecule has 0 atom stereocenters. The van der Waals surface area contributed by atoms with E-state index in [4.69, 9.17) is 0 Å². The molecule has 18 heavy (non-hydrogen) atoms. The standard InChI is InChI=1S/C15H20N2O/c1-12-15(11-18)13(2)17(16-12)10-6-9-14-7-4-3-5-8-14/h3-5,7-8,18H,6,9-11H2,1-2H3. The summed E-state index contributed by atoms with van der Waals surface area (Å²) < 4.78 is 2.00. The van der Waals surface area contributed by atoms with Gasteiger partial charge in [-0.15, -0.1) is 0 Å². The first-order valence-corrected chi connectivity index (χ1v) is 6.40. The van der Waals surface area contributed by atoms with Gasteiger partial charge < -0.3 is 5.11 Å². The zero-order valence-corrected chi connectivity index (χ0v) is 11.1. The van der Waals surface area contributed by atoms with E-state index in [2.05, 4.69) is 29.4 Å². The maximum Gasteiger partial charge on any atom is 0.0718 e. The zero-order chi connectivity index (χ0) is 13.0. The number of rotatable bonds is 5. The molecule has 0 aliphatic carbocycles. The van der Waals surface area contributed by atoms with Gasteiger partial charge in [-0.1, -0.05) is 30.3 Å². The van der Waals surface area contributed by atoms with Crippen LogP contribution in [0, 0.1) is 13.8 Å². The minimum absolute atomic E-state index is 0.0797. The van der Waals surface area contributed by atoms with Crippen LogP contribution in [0.2, 0.25) is 0 Å². The van der Waals surface area contributed by atoms with Crippen LogP contribution >= 0.6 is 0 Å². The van der Waals surface area contributed by atoms with Gasteiger partial charge in [0.05, 0.1) is 12.3 Å². The van der Waals surface area contributed by atoms with E-state index in [1.165, 1.54) is 5.56 Å². The monoisotopic (exact) mass is 244 g/mol. The van der Waals surface area contributed by atoms with Crippen LogP contribution in [0.5, 0.6) is 0 Å². The van der Waals surface area contributed by atoms with E-state index >= 15 is 0 Å². The molecule has 2 aromatic rings. The van der Waals surface area contributed by atoms with Crippen molar-refractivity contribution in [3.63, 3.8) is 0 Å². The van der Waals surface area contributed by atoms with Gasteiger partial charge in [0, 0.05) is 17.8 Å². The van der Waals surface area contributed by atoms with Crippen LogP contribution in [0.25, 0.3) is 0 Å². The van der Waals surface area contributed by atoms with E-state index in [1.807, 2.05) is 24.6 Å². The topological polar surface area (TPSA) is 38.0 Å². The molecule has 1 heterocycles. The third-order valence-corrected chi connectivity index (χ3v) is 3.37. The molecule has 0 saturated carbocycles. The highest BCUT2D eigenvalue weighted by Gasteiger charge is 2.09. The fourth-order valence-electron chi connectivity index (χ4n) is 2.26. The molecule has 1 aromatic carbocycles. The molecule has 0 saturated heterocycles. The largest absolute Gasteiger partial charge is 0.392 e. The minimum Gasteiger partial charge on any atom is -0.392 e. The smallest absolute Gasteiger partial charge is 0.0718 e. The highest BCUT2D eigenvalue weighted by atomic mass is 16.3. The van der Waals surface area contributed by atoms with E-state index in [0.29, 0.717) is 0 Å². The Balaban J connectivity index is 1.95. The number of aliphatic hydroxyl groups is 1. The number of hydrogen-bond acceptors (Lipinski definition) is 2. The molecule has 0 fully saturated rings. The van der Waals surface area contributed by atoms with Gasteiger partial charge in [0.25, 0.3) is 0 Å². The van der Waals surface area contributed by atoms with E-state index in [9.17, 15) is 5.11 Å². The molecular weight excluding hydrogens is 224 g/mol. The molecular formula is C15H20N2O. The molecule has 0 radical (unpaired) electrons. The third kappa shape index (κ3) is 2.79. The molecule has 0 unspecified atom stereocenters. The third-order valence-electron chi connectivity index (χ3n) is 3.37. The van der Waals surface area contributed by atoms with Gasteiger partial charge in [0.1, 0.15) is 0 Å². The van der Waals surface area contributed by atoms with Gasteiger partial charge in [-0.25, -0.2) is 0 Å². The molecule has 3 nitrogen and oxygen atoms in total. The average Bonchev–Trinajstić information content (AvgIpc) is 2.65. The maximum absolute atomic E-state index is 9.26. The predicted molar refractivity (Wildman–Crippen MR) is 72.4 cm³/mol. The van der Waals surface area contributed by atoms with Gasteiger partial charge >= 0.3 is 0 Å². The Morgan fingerprint density at radius 3 is 2.50 bits per heavy atom. The summed E-state index contributed by atoms with van der Waals surface area (Å²) in [6, 6.07) is 10.5. The Morgan fingerprint density at radius 2 is 1.89 bits per heavy atom. The number of aliphatic hydroxyl groups excluding tert-OH is 1. The lowest BCUT2D eigenvalue weighted by Gasteiger charge is -2.05. The van der Waals surface area contributed by atoms with E-state index in [-0.39, 0.29) is 6.61 Å². The molecule has 96 valence electrons. The summed E-state index contributed by atoms with van der Waals surface area (Å²) in [5.74, 6) is 0. The Morgan fingerprint density at radius 1 is 1.17 bits per heavy atom. The Bertz CT molecular complexity index is 503. The molecule has 1 aromatic heterocycles. The molecule has 0 spiro atoms. The quantitative estimate of drug-likeness (QED) is 0.878. The number of aryl methyl sites for hydroxylation is 3. The van der Waals surface area contributed by atoms with Crippen molar-refractivity contribution in [1.29, 1.82) is 0 Å². The highest BCUT2D eigenvalue weighted by Crippen LogP contribution is 2.13. The summed E-state index contributed by atoms with van der Waals surface area (Å²) in [5, 5.41) is 13.7. The van der Waals surface area contributed by atoms with Crippen molar-refractivity contribution < 1.29 is 5.11 Å². The zero-order valence-electron chi connectivity index (χ0n) is 11.1. The maximum atomic E-state index is 9.26. The lowest BCUT2D eigenvalue weighted by molar-refractivity contribution is 0.280. The molecule has 3 heteroatoms. The van der Waals surface area contributed by atoms with Gasteiger partial charge in [-0.05, 0) is 32.3 Å². The van der Waals surface area contributed by atoms with Crippen LogP contribution in [0.1, 0.15) is 28.9 Å². The number of benzene rings is 1. The van der Waals surface area contributed by atoms with Crippen LogP contribution in [0.3, 0.4) is 0 Å². The van der Waals surface area contributed by atoms with Gasteiger partial charge in [0.2, 0.25) is 0 Å². The lowest BCUT2D eigenvalue weighted by atomic mass is 10.1. The number of aromatic nitrogens is 2. The lowest BCUT2D eigenvalue weighted by Crippen LogP contribution is -2.04. The highest BCUT2D eigenvalue weighted by molar-refractivity contribution is 5.23. The predicted octanol–water partition coefficient (Wildman–Crippen LogP) is 2.63. The van der Waals surface area contributed by atoms with Crippen molar-refractivity contribution >= 4 is 0 Å².